The van der Waals surface area contributed by atoms with Crippen LogP contribution in [0.15, 0.2) is 35.1 Å². The van der Waals surface area contributed by atoms with E-state index >= 15 is 0 Å². The minimum Gasteiger partial charge on any atom is -0.486 e. The maximum absolute atomic E-state index is 9.85. The SMILES string of the molecule is CC1=C2C(=CC=CC2(N)O)OC1C. The molecule has 1 aliphatic carbocycles. The topological polar surface area (TPSA) is 55.5 Å². The van der Waals surface area contributed by atoms with Crippen LogP contribution in [0.3, 0.4) is 0 Å². The molecule has 0 fully saturated rings. The molecule has 0 saturated heterocycles. The van der Waals surface area contributed by atoms with Crippen molar-refractivity contribution < 1.29 is 9.84 Å². The molecule has 3 heteroatoms. The van der Waals surface area contributed by atoms with Crippen molar-refractivity contribution in [2.45, 2.75) is 25.7 Å². The Kier molecular flexibility index (Phi) is 1.62. The third kappa shape index (κ3) is 1.12. The van der Waals surface area contributed by atoms with Gasteiger partial charge in [-0.25, -0.2) is 0 Å². The highest BCUT2D eigenvalue weighted by Gasteiger charge is 2.37. The maximum Gasteiger partial charge on any atom is 0.162 e. The summed E-state index contributed by atoms with van der Waals surface area (Å²) in [6.07, 6.45) is 5.11. The molecule has 2 rings (SSSR count). The van der Waals surface area contributed by atoms with Crippen molar-refractivity contribution in [1.29, 1.82) is 0 Å². The summed E-state index contributed by atoms with van der Waals surface area (Å²) in [5, 5.41) is 9.85. The molecule has 1 heterocycles. The number of ether oxygens (including phenoxy) is 1. The van der Waals surface area contributed by atoms with E-state index in [0.29, 0.717) is 11.3 Å². The number of aliphatic hydroxyl groups is 1. The summed E-state index contributed by atoms with van der Waals surface area (Å²) in [4.78, 5) is 0. The highest BCUT2D eigenvalue weighted by molar-refractivity contribution is 5.50. The Morgan fingerprint density at radius 1 is 1.62 bits per heavy atom. The molecule has 0 aromatic heterocycles. The lowest BCUT2D eigenvalue weighted by molar-refractivity contribution is 0.126. The van der Waals surface area contributed by atoms with Crippen LogP contribution >= 0.6 is 0 Å². The van der Waals surface area contributed by atoms with E-state index in [1.54, 1.807) is 12.2 Å². The Morgan fingerprint density at radius 2 is 2.31 bits per heavy atom. The second-order valence-electron chi connectivity index (χ2n) is 3.53. The van der Waals surface area contributed by atoms with E-state index < -0.39 is 5.72 Å². The number of fused-ring (bicyclic) bond motifs is 1. The van der Waals surface area contributed by atoms with Gasteiger partial charge in [0.25, 0.3) is 0 Å². The van der Waals surface area contributed by atoms with Gasteiger partial charge in [0.15, 0.2) is 5.72 Å². The van der Waals surface area contributed by atoms with E-state index in [1.807, 2.05) is 19.9 Å². The van der Waals surface area contributed by atoms with Crippen LogP contribution in [0.2, 0.25) is 0 Å². The highest BCUT2D eigenvalue weighted by Crippen LogP contribution is 2.37. The number of nitrogens with two attached hydrogens (primary N) is 1. The van der Waals surface area contributed by atoms with Crippen LogP contribution in [0.25, 0.3) is 0 Å². The van der Waals surface area contributed by atoms with Crippen LogP contribution in [-0.4, -0.2) is 16.9 Å². The lowest BCUT2D eigenvalue weighted by Crippen LogP contribution is -2.41. The first-order valence-corrected chi connectivity index (χ1v) is 4.31. The summed E-state index contributed by atoms with van der Waals surface area (Å²) in [5.41, 5.74) is 6.05. The molecular weight excluding hydrogens is 166 g/mol. The van der Waals surface area contributed by atoms with E-state index in [-0.39, 0.29) is 6.10 Å². The molecule has 0 saturated carbocycles. The fourth-order valence-corrected chi connectivity index (χ4v) is 1.74. The van der Waals surface area contributed by atoms with Crippen molar-refractivity contribution in [3.05, 3.63) is 35.1 Å². The average Bonchev–Trinajstić information content (AvgIpc) is 2.28. The molecule has 0 radical (unpaired) electrons. The van der Waals surface area contributed by atoms with Gasteiger partial charge in [0, 0.05) is 5.57 Å². The molecule has 0 spiro atoms. The summed E-state index contributed by atoms with van der Waals surface area (Å²) in [6.45, 7) is 3.87. The molecule has 2 unspecified atom stereocenters. The van der Waals surface area contributed by atoms with Gasteiger partial charge in [-0.05, 0) is 31.6 Å². The standard InChI is InChI=1S/C10H13NO2/c1-6-7(2)13-8-4-3-5-10(11,12)9(6)8/h3-5,7,12H,11H2,1-2H3. The van der Waals surface area contributed by atoms with Crippen LogP contribution in [0, 0.1) is 0 Å². The monoisotopic (exact) mass is 179 g/mol. The van der Waals surface area contributed by atoms with E-state index in [0.717, 1.165) is 5.57 Å². The molecule has 0 aromatic rings. The molecule has 0 amide bonds. The maximum atomic E-state index is 9.85. The van der Waals surface area contributed by atoms with Gasteiger partial charge in [-0.1, -0.05) is 6.08 Å². The molecule has 13 heavy (non-hydrogen) atoms. The van der Waals surface area contributed by atoms with E-state index in [9.17, 15) is 5.11 Å². The summed E-state index contributed by atoms with van der Waals surface area (Å²) in [7, 11) is 0. The molecule has 70 valence electrons. The van der Waals surface area contributed by atoms with Gasteiger partial charge in [0.05, 0.1) is 0 Å². The zero-order valence-corrected chi connectivity index (χ0v) is 7.74. The predicted octanol–water partition coefficient (Wildman–Crippen LogP) is 0.823. The van der Waals surface area contributed by atoms with Crippen LogP contribution in [-0.2, 0) is 4.74 Å². The molecule has 2 atom stereocenters. The first-order chi connectivity index (χ1) is 6.02. The average molecular weight is 179 g/mol. The van der Waals surface area contributed by atoms with Gasteiger partial charge >= 0.3 is 0 Å². The van der Waals surface area contributed by atoms with Crippen molar-refractivity contribution >= 4 is 0 Å². The first-order valence-electron chi connectivity index (χ1n) is 4.31. The molecule has 3 N–H and O–H groups in total. The fourth-order valence-electron chi connectivity index (χ4n) is 1.74. The Morgan fingerprint density at radius 3 is 2.92 bits per heavy atom. The van der Waals surface area contributed by atoms with Crippen molar-refractivity contribution in [2.75, 3.05) is 0 Å². The molecule has 3 nitrogen and oxygen atoms in total. The lowest BCUT2D eigenvalue weighted by atomic mass is 9.93. The molecular formula is C10H13NO2. The van der Waals surface area contributed by atoms with Crippen LogP contribution in [0.1, 0.15) is 13.8 Å². The smallest absolute Gasteiger partial charge is 0.162 e. The van der Waals surface area contributed by atoms with Crippen LogP contribution in [0.4, 0.5) is 0 Å². The summed E-state index contributed by atoms with van der Waals surface area (Å²) in [5.74, 6) is 0.692. The fraction of sp³-hybridized carbons (Fsp3) is 0.400. The van der Waals surface area contributed by atoms with Crippen molar-refractivity contribution in [3.63, 3.8) is 0 Å². The number of hydrogen-bond acceptors (Lipinski definition) is 3. The second kappa shape index (κ2) is 2.47. The largest absolute Gasteiger partial charge is 0.486 e. The Bertz CT molecular complexity index is 337. The Balaban J connectivity index is 2.55. The van der Waals surface area contributed by atoms with Gasteiger partial charge in [0.1, 0.15) is 11.9 Å². The van der Waals surface area contributed by atoms with Crippen LogP contribution < -0.4 is 5.73 Å². The van der Waals surface area contributed by atoms with Gasteiger partial charge in [-0.3, -0.25) is 5.73 Å². The molecule has 0 aromatic carbocycles. The Labute approximate surface area is 77.2 Å². The number of rotatable bonds is 0. The summed E-state index contributed by atoms with van der Waals surface area (Å²) in [6, 6.07) is 0. The van der Waals surface area contributed by atoms with Crippen molar-refractivity contribution in [3.8, 4) is 0 Å². The molecule has 2 aliphatic rings. The third-order valence-corrected chi connectivity index (χ3v) is 2.55. The third-order valence-electron chi connectivity index (χ3n) is 2.55. The van der Waals surface area contributed by atoms with Gasteiger partial charge in [-0.15, -0.1) is 0 Å². The zero-order valence-electron chi connectivity index (χ0n) is 7.74. The quantitative estimate of drug-likeness (QED) is 0.541. The van der Waals surface area contributed by atoms with Crippen molar-refractivity contribution in [1.82, 2.24) is 0 Å². The molecule has 0 bridgehead atoms. The van der Waals surface area contributed by atoms with Crippen molar-refractivity contribution in [2.24, 2.45) is 5.73 Å². The Hall–Kier alpha value is -1.06. The van der Waals surface area contributed by atoms with Gasteiger partial charge in [0.2, 0.25) is 0 Å². The molecule has 1 aliphatic heterocycles. The second-order valence-corrected chi connectivity index (χ2v) is 3.53. The van der Waals surface area contributed by atoms with E-state index in [2.05, 4.69) is 0 Å². The predicted molar refractivity (Wildman–Crippen MR) is 49.6 cm³/mol. The normalized spacial score (nSPS) is 37.2. The summed E-state index contributed by atoms with van der Waals surface area (Å²) >= 11 is 0. The zero-order chi connectivity index (χ0) is 9.64. The minimum atomic E-state index is -1.36. The first kappa shape index (κ1) is 8.53. The minimum absolute atomic E-state index is 0.0104. The number of hydrogen-bond donors (Lipinski definition) is 2. The highest BCUT2D eigenvalue weighted by atomic mass is 16.5. The van der Waals surface area contributed by atoms with Crippen LogP contribution in [0.5, 0.6) is 0 Å². The summed E-state index contributed by atoms with van der Waals surface area (Å²) < 4.78 is 5.51. The van der Waals surface area contributed by atoms with Gasteiger partial charge < -0.3 is 9.84 Å². The van der Waals surface area contributed by atoms with E-state index in [4.69, 9.17) is 10.5 Å². The number of allylic oxidation sites excluding steroid dienone is 2. The van der Waals surface area contributed by atoms with E-state index in [1.165, 1.54) is 0 Å². The lowest BCUT2D eigenvalue weighted by Gasteiger charge is -2.23. The van der Waals surface area contributed by atoms with Gasteiger partial charge in [-0.2, -0.15) is 0 Å².